The maximum Gasteiger partial charge on any atom is 0.151 e. The molecule has 5 heteroatoms. The molecule has 0 atom stereocenters. The summed E-state index contributed by atoms with van der Waals surface area (Å²) in [6.07, 6.45) is 11.5. The van der Waals surface area contributed by atoms with Crippen molar-refractivity contribution in [1.82, 2.24) is 20.1 Å². The molecular weight excluding hydrogens is 334 g/mol. The molecule has 1 saturated carbocycles. The predicted octanol–water partition coefficient (Wildman–Crippen LogP) is 3.77. The Morgan fingerprint density at radius 3 is 2.19 bits per heavy atom. The van der Waals surface area contributed by atoms with Crippen molar-refractivity contribution in [3.63, 3.8) is 0 Å². The van der Waals surface area contributed by atoms with Crippen LogP contribution in [0.1, 0.15) is 44.9 Å². The summed E-state index contributed by atoms with van der Waals surface area (Å²) in [5.74, 6) is 1.01. The minimum atomic E-state index is 0.581. The third-order valence-electron chi connectivity index (χ3n) is 7.18. The molecule has 5 rings (SSSR count). The topological polar surface area (TPSA) is 45.2 Å². The zero-order valence-electron chi connectivity index (χ0n) is 16.1. The lowest BCUT2D eigenvalue weighted by Crippen LogP contribution is -2.51. The van der Waals surface area contributed by atoms with Gasteiger partial charge >= 0.3 is 0 Å². The van der Waals surface area contributed by atoms with E-state index in [0.29, 0.717) is 5.41 Å². The molecule has 3 fully saturated rings. The van der Waals surface area contributed by atoms with Crippen LogP contribution in [0.5, 0.6) is 0 Å². The van der Waals surface area contributed by atoms with Crippen LogP contribution in [-0.2, 0) is 0 Å². The van der Waals surface area contributed by atoms with Gasteiger partial charge in [-0.1, -0.05) is 12.5 Å². The van der Waals surface area contributed by atoms with E-state index >= 15 is 0 Å². The standard InChI is InChI=1S/C22H29N5/c1-2-13-23-19(6-1)20-7-8-21(25-24-20)27-16-11-22(12-17-27)9-14-26(15-10-22)18-4-3-5-18/h1-2,6-8,13,18H,3-5,9-12,14-17H2. The lowest BCUT2D eigenvalue weighted by molar-refractivity contribution is 0.0305. The number of anilines is 1. The summed E-state index contributed by atoms with van der Waals surface area (Å²) in [5.41, 5.74) is 2.31. The lowest BCUT2D eigenvalue weighted by Gasteiger charge is -2.50. The van der Waals surface area contributed by atoms with Gasteiger partial charge in [0.2, 0.25) is 0 Å². The number of piperidine rings is 2. The Morgan fingerprint density at radius 1 is 0.815 bits per heavy atom. The Kier molecular flexibility index (Phi) is 4.56. The molecule has 4 heterocycles. The smallest absolute Gasteiger partial charge is 0.151 e. The van der Waals surface area contributed by atoms with Gasteiger partial charge in [0.25, 0.3) is 0 Å². The summed E-state index contributed by atoms with van der Waals surface area (Å²) in [5, 5.41) is 8.91. The highest BCUT2D eigenvalue weighted by atomic mass is 15.3. The average Bonchev–Trinajstić information content (AvgIpc) is 2.70. The van der Waals surface area contributed by atoms with E-state index in [4.69, 9.17) is 0 Å². The Hall–Kier alpha value is -2.01. The van der Waals surface area contributed by atoms with Crippen molar-refractivity contribution < 1.29 is 0 Å². The van der Waals surface area contributed by atoms with Gasteiger partial charge in [-0.25, -0.2) is 0 Å². The quantitative estimate of drug-likeness (QED) is 0.830. The maximum atomic E-state index is 4.49. The number of hydrogen-bond donors (Lipinski definition) is 0. The summed E-state index contributed by atoms with van der Waals surface area (Å²) in [6.45, 7) is 4.87. The number of nitrogens with zero attached hydrogens (tertiary/aromatic N) is 5. The van der Waals surface area contributed by atoms with Gasteiger partial charge < -0.3 is 9.80 Å². The summed E-state index contributed by atoms with van der Waals surface area (Å²) < 4.78 is 0. The first-order valence-corrected chi connectivity index (χ1v) is 10.6. The van der Waals surface area contributed by atoms with Crippen molar-refractivity contribution in [2.75, 3.05) is 31.1 Å². The van der Waals surface area contributed by atoms with E-state index in [1.54, 1.807) is 6.20 Å². The van der Waals surface area contributed by atoms with E-state index in [1.807, 2.05) is 24.3 Å². The van der Waals surface area contributed by atoms with Gasteiger partial charge in [0, 0.05) is 25.3 Å². The molecule has 2 saturated heterocycles. The third-order valence-corrected chi connectivity index (χ3v) is 7.18. The molecule has 2 aromatic heterocycles. The second kappa shape index (κ2) is 7.19. The molecule has 0 bridgehead atoms. The molecule has 1 aliphatic carbocycles. The number of hydrogen-bond acceptors (Lipinski definition) is 5. The van der Waals surface area contributed by atoms with Crippen molar-refractivity contribution >= 4 is 5.82 Å². The Labute approximate surface area is 161 Å². The summed E-state index contributed by atoms with van der Waals surface area (Å²) >= 11 is 0. The van der Waals surface area contributed by atoms with Crippen LogP contribution in [0.25, 0.3) is 11.4 Å². The van der Waals surface area contributed by atoms with Crippen LogP contribution >= 0.6 is 0 Å². The SMILES string of the molecule is c1ccc(-c2ccc(N3CCC4(CC3)CCN(C3CCC3)CC4)nn2)nc1. The van der Waals surface area contributed by atoms with E-state index in [0.717, 1.165) is 36.3 Å². The lowest BCUT2D eigenvalue weighted by atomic mass is 9.70. The van der Waals surface area contributed by atoms with E-state index < -0.39 is 0 Å². The third kappa shape index (κ3) is 3.45. The monoisotopic (exact) mass is 363 g/mol. The highest BCUT2D eigenvalue weighted by Gasteiger charge is 2.39. The van der Waals surface area contributed by atoms with Crippen LogP contribution in [0.2, 0.25) is 0 Å². The molecule has 142 valence electrons. The van der Waals surface area contributed by atoms with Crippen LogP contribution in [0.4, 0.5) is 5.82 Å². The van der Waals surface area contributed by atoms with E-state index in [-0.39, 0.29) is 0 Å². The van der Waals surface area contributed by atoms with Gasteiger partial charge in [0.1, 0.15) is 5.69 Å². The summed E-state index contributed by atoms with van der Waals surface area (Å²) in [7, 11) is 0. The van der Waals surface area contributed by atoms with Crippen molar-refractivity contribution in [3.05, 3.63) is 36.5 Å². The van der Waals surface area contributed by atoms with Crippen molar-refractivity contribution in [1.29, 1.82) is 0 Å². The zero-order valence-corrected chi connectivity index (χ0v) is 16.1. The van der Waals surface area contributed by atoms with E-state index in [9.17, 15) is 0 Å². The molecule has 0 N–H and O–H groups in total. The van der Waals surface area contributed by atoms with E-state index in [1.165, 1.54) is 58.0 Å². The number of likely N-dealkylation sites (tertiary alicyclic amines) is 1. The molecule has 1 spiro atoms. The molecule has 2 aliphatic heterocycles. The van der Waals surface area contributed by atoms with Gasteiger partial charge in [0.15, 0.2) is 5.82 Å². The van der Waals surface area contributed by atoms with Gasteiger partial charge in [-0.05, 0) is 81.3 Å². The van der Waals surface area contributed by atoms with Gasteiger partial charge in [-0.15, -0.1) is 10.2 Å². The first-order valence-electron chi connectivity index (χ1n) is 10.6. The first-order chi connectivity index (χ1) is 13.3. The average molecular weight is 364 g/mol. The molecule has 3 aliphatic rings. The highest BCUT2D eigenvalue weighted by molar-refractivity contribution is 5.54. The summed E-state index contributed by atoms with van der Waals surface area (Å²) in [4.78, 5) is 9.54. The second-order valence-electron chi connectivity index (χ2n) is 8.60. The largest absolute Gasteiger partial charge is 0.355 e. The predicted molar refractivity (Wildman–Crippen MR) is 108 cm³/mol. The van der Waals surface area contributed by atoms with Crippen molar-refractivity contribution in [2.45, 2.75) is 51.0 Å². The highest BCUT2D eigenvalue weighted by Crippen LogP contribution is 2.43. The Morgan fingerprint density at radius 2 is 1.59 bits per heavy atom. The molecular formula is C22H29N5. The molecule has 5 nitrogen and oxygen atoms in total. The van der Waals surface area contributed by atoms with Crippen LogP contribution in [0, 0.1) is 5.41 Å². The molecule has 0 unspecified atom stereocenters. The molecule has 27 heavy (non-hydrogen) atoms. The normalized spacial score (nSPS) is 23.3. The fraction of sp³-hybridized carbons (Fsp3) is 0.591. The molecule has 0 radical (unpaired) electrons. The van der Waals surface area contributed by atoms with Crippen molar-refractivity contribution in [2.24, 2.45) is 5.41 Å². The number of aromatic nitrogens is 3. The first kappa shape index (κ1) is 17.1. The Bertz CT molecular complexity index is 738. The van der Waals surface area contributed by atoms with Crippen LogP contribution in [-0.4, -0.2) is 52.3 Å². The molecule has 0 amide bonds. The maximum absolute atomic E-state index is 4.49. The molecule has 2 aromatic rings. The minimum absolute atomic E-state index is 0.581. The van der Waals surface area contributed by atoms with Crippen molar-refractivity contribution in [3.8, 4) is 11.4 Å². The summed E-state index contributed by atoms with van der Waals surface area (Å²) in [6, 6.07) is 10.9. The van der Waals surface area contributed by atoms with Gasteiger partial charge in [-0.2, -0.15) is 0 Å². The molecule has 0 aromatic carbocycles. The Balaban J connectivity index is 1.18. The van der Waals surface area contributed by atoms with Crippen LogP contribution in [0.3, 0.4) is 0 Å². The second-order valence-corrected chi connectivity index (χ2v) is 8.60. The van der Waals surface area contributed by atoms with Crippen LogP contribution < -0.4 is 4.90 Å². The fourth-order valence-electron chi connectivity index (χ4n) is 4.97. The zero-order chi connectivity index (χ0) is 18.1. The van der Waals surface area contributed by atoms with Crippen LogP contribution in [0.15, 0.2) is 36.5 Å². The van der Waals surface area contributed by atoms with E-state index in [2.05, 4.69) is 31.0 Å². The fourth-order valence-corrected chi connectivity index (χ4v) is 4.97. The van der Waals surface area contributed by atoms with Gasteiger partial charge in [0.05, 0.1) is 5.69 Å². The number of rotatable bonds is 3. The minimum Gasteiger partial charge on any atom is -0.355 e. The van der Waals surface area contributed by atoms with Gasteiger partial charge in [-0.3, -0.25) is 4.98 Å². The number of pyridine rings is 1.